The van der Waals surface area contributed by atoms with Crippen molar-refractivity contribution in [2.45, 2.75) is 18.2 Å². The van der Waals surface area contributed by atoms with E-state index in [1.165, 1.54) is 0 Å². The Balaban J connectivity index is 1.85. The number of ketones is 1. The summed E-state index contributed by atoms with van der Waals surface area (Å²) in [5.74, 6) is -0.279. The molecule has 0 radical (unpaired) electrons. The highest BCUT2D eigenvalue weighted by molar-refractivity contribution is 7.90. The fraction of sp³-hybridized carbons (Fsp3) is 0.0870. The second-order valence-corrected chi connectivity index (χ2v) is 9.12. The van der Waals surface area contributed by atoms with Gasteiger partial charge in [0.2, 0.25) is 0 Å². The van der Waals surface area contributed by atoms with Gasteiger partial charge >= 0.3 is 0 Å². The van der Waals surface area contributed by atoms with Crippen molar-refractivity contribution in [2.75, 3.05) is 0 Å². The van der Waals surface area contributed by atoms with E-state index in [-0.39, 0.29) is 22.8 Å². The topological polar surface area (TPSA) is 56.1 Å². The molecule has 1 heterocycles. The molecule has 0 aliphatic carbocycles. The Morgan fingerprint density at radius 3 is 2.28 bits per heavy atom. The van der Waals surface area contributed by atoms with Gasteiger partial charge in [-0.2, -0.15) is 0 Å². The summed E-state index contributed by atoms with van der Waals surface area (Å²) >= 11 is 5.91. The third-order valence-corrected chi connectivity index (χ3v) is 6.78. The number of hydrogen-bond donors (Lipinski definition) is 0. The lowest BCUT2D eigenvalue weighted by molar-refractivity contribution is 0.0987. The lowest BCUT2D eigenvalue weighted by atomic mass is 10.1. The van der Waals surface area contributed by atoms with Crippen LogP contribution in [0.3, 0.4) is 0 Å². The summed E-state index contributed by atoms with van der Waals surface area (Å²) in [6.45, 7) is 1.89. The molecule has 3 aromatic carbocycles. The summed E-state index contributed by atoms with van der Waals surface area (Å²) in [4.78, 5) is 13.2. The van der Waals surface area contributed by atoms with Crippen molar-refractivity contribution in [1.29, 1.82) is 0 Å². The molecule has 0 spiro atoms. The number of aryl methyl sites for hydroxylation is 1. The molecule has 146 valence electrons. The zero-order chi connectivity index (χ0) is 20.6. The summed E-state index contributed by atoms with van der Waals surface area (Å²) < 4.78 is 28.0. The van der Waals surface area contributed by atoms with E-state index in [1.54, 1.807) is 72.8 Å². The fourth-order valence-corrected chi connectivity index (χ4v) is 4.93. The zero-order valence-electron chi connectivity index (χ0n) is 15.7. The van der Waals surface area contributed by atoms with Gasteiger partial charge in [-0.05, 0) is 48.9 Å². The van der Waals surface area contributed by atoms with Gasteiger partial charge in [0, 0.05) is 16.8 Å². The van der Waals surface area contributed by atoms with Gasteiger partial charge in [0.15, 0.2) is 5.78 Å². The number of fused-ring (bicyclic) bond motifs is 1. The lowest BCUT2D eigenvalue weighted by Crippen LogP contribution is -2.19. The molecule has 4 rings (SSSR count). The van der Waals surface area contributed by atoms with Crippen LogP contribution in [0.4, 0.5) is 0 Å². The van der Waals surface area contributed by atoms with Crippen LogP contribution in [0.5, 0.6) is 0 Å². The van der Waals surface area contributed by atoms with Crippen molar-refractivity contribution >= 4 is 38.3 Å². The SMILES string of the molecule is Cc1ccc(S(=O)(=O)n2c(C(=O)Cc3ccc(Cl)cc3)cc3ccccc32)cc1. The first-order valence-electron chi connectivity index (χ1n) is 9.06. The average molecular weight is 424 g/mol. The maximum atomic E-state index is 13.4. The molecule has 0 saturated heterocycles. The van der Waals surface area contributed by atoms with E-state index in [2.05, 4.69) is 0 Å². The number of rotatable bonds is 5. The number of nitrogens with zero attached hydrogens (tertiary/aromatic N) is 1. The Morgan fingerprint density at radius 1 is 0.931 bits per heavy atom. The van der Waals surface area contributed by atoms with Crippen molar-refractivity contribution < 1.29 is 13.2 Å². The van der Waals surface area contributed by atoms with E-state index in [1.807, 2.05) is 13.0 Å². The second kappa shape index (κ2) is 7.50. The maximum absolute atomic E-state index is 13.4. The van der Waals surface area contributed by atoms with Crippen LogP contribution in [-0.4, -0.2) is 18.2 Å². The molecule has 0 aliphatic heterocycles. The van der Waals surface area contributed by atoms with Gasteiger partial charge in [-0.1, -0.05) is 59.6 Å². The number of Topliss-reactive ketones (excluding diaryl/α,β-unsaturated/α-hetero) is 1. The summed E-state index contributed by atoms with van der Waals surface area (Å²) in [5, 5.41) is 1.28. The Morgan fingerprint density at radius 2 is 1.59 bits per heavy atom. The number of benzene rings is 3. The number of carbonyl (C=O) groups excluding carboxylic acids is 1. The molecule has 4 nitrogen and oxygen atoms in total. The molecule has 0 N–H and O–H groups in total. The number of halogens is 1. The Bertz CT molecular complexity index is 1300. The Labute approximate surface area is 174 Å². The molecule has 0 atom stereocenters. The zero-order valence-corrected chi connectivity index (χ0v) is 17.2. The summed E-state index contributed by atoms with van der Waals surface area (Å²) in [5.41, 5.74) is 2.35. The van der Waals surface area contributed by atoms with Gasteiger partial charge in [-0.25, -0.2) is 12.4 Å². The van der Waals surface area contributed by atoms with Crippen LogP contribution in [0.2, 0.25) is 5.02 Å². The van der Waals surface area contributed by atoms with Gasteiger partial charge in [0.1, 0.15) is 5.69 Å². The predicted molar refractivity (Wildman–Crippen MR) is 115 cm³/mol. The minimum Gasteiger partial charge on any atom is -0.292 e. The molecule has 29 heavy (non-hydrogen) atoms. The highest BCUT2D eigenvalue weighted by Gasteiger charge is 2.26. The minimum absolute atomic E-state index is 0.0803. The Hall–Kier alpha value is -2.89. The molecule has 0 aliphatic rings. The van der Waals surface area contributed by atoms with Crippen LogP contribution >= 0.6 is 11.6 Å². The van der Waals surface area contributed by atoms with Gasteiger partial charge in [-0.3, -0.25) is 4.79 Å². The van der Waals surface area contributed by atoms with E-state index >= 15 is 0 Å². The largest absolute Gasteiger partial charge is 0.292 e. The molecule has 4 aromatic rings. The number of hydrogen-bond acceptors (Lipinski definition) is 3. The van der Waals surface area contributed by atoms with E-state index in [9.17, 15) is 13.2 Å². The van der Waals surface area contributed by atoms with Gasteiger partial charge in [0.05, 0.1) is 10.4 Å². The first-order chi connectivity index (χ1) is 13.9. The van der Waals surface area contributed by atoms with Crippen LogP contribution in [0, 0.1) is 6.92 Å². The minimum atomic E-state index is -3.94. The molecular formula is C23H18ClNO3S. The van der Waals surface area contributed by atoms with E-state index in [0.717, 1.165) is 15.1 Å². The number of para-hydroxylation sites is 1. The van der Waals surface area contributed by atoms with Crippen molar-refractivity contribution in [3.63, 3.8) is 0 Å². The average Bonchev–Trinajstić information content (AvgIpc) is 3.11. The third-order valence-electron chi connectivity index (χ3n) is 4.79. The van der Waals surface area contributed by atoms with Crippen molar-refractivity contribution in [2.24, 2.45) is 0 Å². The predicted octanol–water partition coefficient (Wildman–Crippen LogP) is 5.27. The molecule has 0 fully saturated rings. The summed E-state index contributed by atoms with van der Waals surface area (Å²) in [6, 6.07) is 22.3. The van der Waals surface area contributed by atoms with Crippen molar-refractivity contribution in [3.8, 4) is 0 Å². The molecule has 0 amide bonds. The van der Waals surface area contributed by atoms with Gasteiger partial charge in [-0.15, -0.1) is 0 Å². The molecule has 0 saturated carbocycles. The first kappa shape index (κ1) is 19.4. The summed E-state index contributed by atoms with van der Waals surface area (Å²) in [6.07, 6.45) is 0.0803. The standard InChI is InChI=1S/C23H18ClNO3S/c1-16-6-12-20(13-7-16)29(27,28)25-21-5-3-2-4-18(21)15-22(25)23(26)14-17-8-10-19(24)11-9-17/h2-13,15H,14H2,1H3. The van der Waals surface area contributed by atoms with Crippen molar-refractivity contribution in [1.82, 2.24) is 3.97 Å². The highest BCUT2D eigenvalue weighted by Crippen LogP contribution is 2.27. The monoisotopic (exact) mass is 423 g/mol. The maximum Gasteiger partial charge on any atom is 0.268 e. The van der Waals surface area contributed by atoms with Crippen molar-refractivity contribution in [3.05, 3.63) is 101 Å². The summed E-state index contributed by atoms with van der Waals surface area (Å²) in [7, 11) is -3.94. The molecule has 0 unspecified atom stereocenters. The smallest absolute Gasteiger partial charge is 0.268 e. The highest BCUT2D eigenvalue weighted by atomic mass is 35.5. The van der Waals surface area contributed by atoms with E-state index in [4.69, 9.17) is 11.6 Å². The molecule has 6 heteroatoms. The fourth-order valence-electron chi connectivity index (χ4n) is 3.28. The number of carbonyl (C=O) groups is 1. The normalized spacial score (nSPS) is 11.7. The second-order valence-electron chi connectivity index (χ2n) is 6.90. The van der Waals surface area contributed by atoms with E-state index in [0.29, 0.717) is 15.9 Å². The lowest BCUT2D eigenvalue weighted by Gasteiger charge is -2.12. The van der Waals surface area contributed by atoms with Gasteiger partial charge in [0.25, 0.3) is 10.0 Å². The first-order valence-corrected chi connectivity index (χ1v) is 10.9. The van der Waals surface area contributed by atoms with Gasteiger partial charge < -0.3 is 0 Å². The van der Waals surface area contributed by atoms with Crippen LogP contribution in [0.15, 0.2) is 83.8 Å². The van der Waals surface area contributed by atoms with Crippen LogP contribution < -0.4 is 0 Å². The number of aromatic nitrogens is 1. The quantitative estimate of drug-likeness (QED) is 0.411. The van der Waals surface area contributed by atoms with Crippen LogP contribution in [0.1, 0.15) is 21.6 Å². The molecule has 1 aromatic heterocycles. The Kier molecular flexibility index (Phi) is 5.03. The molecule has 0 bridgehead atoms. The third kappa shape index (κ3) is 3.71. The van der Waals surface area contributed by atoms with Crippen LogP contribution in [0.25, 0.3) is 10.9 Å². The van der Waals surface area contributed by atoms with E-state index < -0.39 is 10.0 Å². The molecular weight excluding hydrogens is 406 g/mol. The van der Waals surface area contributed by atoms with Crippen LogP contribution in [-0.2, 0) is 16.4 Å².